The van der Waals surface area contributed by atoms with Gasteiger partial charge >= 0.3 is 5.97 Å². The molecule has 4 heteroatoms. The van der Waals surface area contributed by atoms with Crippen LogP contribution in [0.2, 0.25) is 0 Å². The van der Waals surface area contributed by atoms with E-state index in [1.807, 2.05) is 6.07 Å². The average molecular weight is 212 g/mol. The maximum Gasteiger partial charge on any atom is 0.323 e. The van der Waals surface area contributed by atoms with Crippen LogP contribution in [0.3, 0.4) is 0 Å². The lowest BCUT2D eigenvalue weighted by Gasteiger charge is -2.18. The zero-order chi connectivity index (χ0) is 12.2. The predicted octanol–water partition coefficient (Wildman–Crippen LogP) is 1.76. The molecule has 0 radical (unpaired) electrons. The fraction of sp³-hybridized carbons (Fsp3) is 0.364. The number of carboxylic acid groups (broad SMARTS) is 1. The number of rotatable bonds is 5. The molecule has 3 nitrogen and oxygen atoms in total. The minimum absolute atomic E-state index is 0.398. The number of alkyl halides is 1. The van der Waals surface area contributed by atoms with Crippen molar-refractivity contribution in [3.8, 4) is 0 Å². The molecule has 0 bridgehead atoms. The molecule has 15 heavy (non-hydrogen) atoms. The van der Waals surface area contributed by atoms with Crippen molar-refractivity contribution in [1.29, 1.82) is 0 Å². The van der Waals surface area contributed by atoms with Crippen LogP contribution in [0.15, 0.2) is 30.3 Å². The molecule has 0 saturated carbocycles. The van der Waals surface area contributed by atoms with E-state index in [9.17, 15) is 9.18 Å². The van der Waals surface area contributed by atoms with Gasteiger partial charge in [0.05, 0.1) is 1.37 Å². The summed E-state index contributed by atoms with van der Waals surface area (Å²) in [6.07, 6.45) is 0. The molecule has 2 N–H and O–H groups in total. The van der Waals surface area contributed by atoms with Gasteiger partial charge in [-0.1, -0.05) is 30.3 Å². The maximum absolute atomic E-state index is 12.5. The van der Waals surface area contributed by atoms with Crippen molar-refractivity contribution in [1.82, 2.24) is 5.32 Å². The summed E-state index contributed by atoms with van der Waals surface area (Å²) in [6, 6.07) is 6.33. The minimum atomic E-state index is -2.28. The lowest BCUT2D eigenvalue weighted by Crippen LogP contribution is -2.39. The first-order chi connectivity index (χ1) is 7.49. The number of aliphatic carboxylic acids is 1. The molecular formula is C11H14FNO2. The van der Waals surface area contributed by atoms with Gasteiger partial charge in [0.25, 0.3) is 0 Å². The highest BCUT2D eigenvalue weighted by Crippen LogP contribution is 2.12. The van der Waals surface area contributed by atoms with E-state index in [1.54, 1.807) is 31.2 Å². The molecule has 0 saturated heterocycles. The molecule has 0 aromatic heterocycles. The first-order valence-corrected chi connectivity index (χ1v) is 4.61. The van der Waals surface area contributed by atoms with Crippen LogP contribution in [0.25, 0.3) is 0 Å². The largest absolute Gasteiger partial charge is 0.480 e. The summed E-state index contributed by atoms with van der Waals surface area (Å²) >= 11 is 0. The summed E-state index contributed by atoms with van der Waals surface area (Å²) in [5.41, 5.74) is 0.814. The van der Waals surface area contributed by atoms with E-state index < -0.39 is 24.7 Å². The quantitative estimate of drug-likeness (QED) is 0.781. The third-order valence-corrected chi connectivity index (χ3v) is 2.08. The summed E-state index contributed by atoms with van der Waals surface area (Å²) in [5.74, 6) is -1.52. The molecule has 82 valence electrons. The number of hydrogen-bond acceptors (Lipinski definition) is 2. The van der Waals surface area contributed by atoms with E-state index in [-0.39, 0.29) is 0 Å². The Morgan fingerprint density at radius 3 is 2.67 bits per heavy atom. The van der Waals surface area contributed by atoms with Gasteiger partial charge in [0, 0.05) is 6.04 Å². The Labute approximate surface area is 89.3 Å². The normalized spacial score (nSPS) is 17.6. The molecule has 0 aliphatic heterocycles. The van der Waals surface area contributed by atoms with E-state index in [4.69, 9.17) is 6.48 Å². The van der Waals surface area contributed by atoms with Crippen molar-refractivity contribution >= 4 is 5.97 Å². The summed E-state index contributed by atoms with van der Waals surface area (Å²) in [4.78, 5) is 10.7. The second-order valence-corrected chi connectivity index (χ2v) is 3.19. The molecule has 0 fully saturated rings. The van der Waals surface area contributed by atoms with Crippen molar-refractivity contribution < 1.29 is 15.7 Å². The summed E-state index contributed by atoms with van der Waals surface area (Å²) in [6.45, 7) is 0.413. The van der Waals surface area contributed by atoms with E-state index in [0.29, 0.717) is 0 Å². The second-order valence-electron chi connectivity index (χ2n) is 3.19. The predicted molar refractivity (Wildman–Crippen MR) is 55.4 cm³/mol. The van der Waals surface area contributed by atoms with Gasteiger partial charge in [-0.2, -0.15) is 0 Å². The van der Waals surface area contributed by atoms with Crippen LogP contribution in [0.4, 0.5) is 4.39 Å². The standard InChI is InChI=1S/C11H14FNO2/c1-8(9-5-3-2-4-6-9)13-10(7-12)11(14)15/h2-6,8,10,13H,7H2,1H3,(H,14,15)/t8?,10-/m1/s1/i10D. The molecule has 0 aliphatic rings. The van der Waals surface area contributed by atoms with E-state index in [0.717, 1.165) is 5.56 Å². The first-order valence-electron chi connectivity index (χ1n) is 5.11. The topological polar surface area (TPSA) is 49.3 Å². The number of halogens is 1. The number of nitrogens with one attached hydrogen (secondary N) is 1. The Kier molecular flexibility index (Phi) is 3.68. The summed E-state index contributed by atoms with van der Waals surface area (Å²) in [5, 5.41) is 11.2. The number of benzene rings is 1. The Hall–Kier alpha value is -1.42. The first kappa shape index (κ1) is 10.1. The fourth-order valence-electron chi connectivity index (χ4n) is 1.24. The monoisotopic (exact) mass is 212 g/mol. The van der Waals surface area contributed by atoms with Gasteiger partial charge in [0.1, 0.15) is 12.7 Å². The van der Waals surface area contributed by atoms with Crippen LogP contribution in [-0.4, -0.2) is 23.8 Å². The zero-order valence-electron chi connectivity index (χ0n) is 9.40. The van der Waals surface area contributed by atoms with Gasteiger partial charge in [0.2, 0.25) is 0 Å². The third-order valence-electron chi connectivity index (χ3n) is 2.08. The number of carboxylic acids is 1. The number of hydrogen-bond donors (Lipinski definition) is 2. The molecule has 1 rings (SSSR count). The van der Waals surface area contributed by atoms with E-state index in [1.165, 1.54) is 0 Å². The minimum Gasteiger partial charge on any atom is -0.480 e. The Morgan fingerprint density at radius 2 is 2.20 bits per heavy atom. The van der Waals surface area contributed by atoms with Gasteiger partial charge in [-0.15, -0.1) is 0 Å². The third kappa shape index (κ3) is 3.32. The van der Waals surface area contributed by atoms with Crippen LogP contribution in [0, 0.1) is 0 Å². The van der Waals surface area contributed by atoms with E-state index in [2.05, 4.69) is 5.32 Å². The molecule has 1 aromatic rings. The molecule has 0 aliphatic carbocycles. The van der Waals surface area contributed by atoms with Crippen molar-refractivity contribution in [2.75, 3.05) is 6.67 Å². The van der Waals surface area contributed by atoms with Gasteiger partial charge in [-0.25, -0.2) is 4.39 Å². The van der Waals surface area contributed by atoms with Crippen LogP contribution >= 0.6 is 0 Å². The molecule has 1 aromatic carbocycles. The van der Waals surface area contributed by atoms with Gasteiger partial charge < -0.3 is 5.11 Å². The summed E-state index contributed by atoms with van der Waals surface area (Å²) in [7, 11) is 0. The summed E-state index contributed by atoms with van der Waals surface area (Å²) < 4.78 is 20.0. The zero-order valence-corrected chi connectivity index (χ0v) is 8.40. The molecule has 2 atom stereocenters. The highest BCUT2D eigenvalue weighted by molar-refractivity contribution is 5.73. The highest BCUT2D eigenvalue weighted by Gasteiger charge is 2.19. The average Bonchev–Trinajstić information content (AvgIpc) is 2.29. The maximum atomic E-state index is 12.5. The lowest BCUT2D eigenvalue weighted by molar-refractivity contribution is -0.140. The molecule has 0 spiro atoms. The van der Waals surface area contributed by atoms with Gasteiger partial charge in [-0.05, 0) is 12.5 Å². The Balaban J connectivity index is 2.78. The molecule has 0 heterocycles. The smallest absolute Gasteiger partial charge is 0.323 e. The van der Waals surface area contributed by atoms with Crippen LogP contribution in [-0.2, 0) is 4.79 Å². The fourth-order valence-corrected chi connectivity index (χ4v) is 1.24. The van der Waals surface area contributed by atoms with Gasteiger partial charge in [-0.3, -0.25) is 10.1 Å². The van der Waals surface area contributed by atoms with Crippen molar-refractivity contribution in [3.05, 3.63) is 35.9 Å². The molecule has 1 unspecified atom stereocenters. The number of carbonyl (C=O) groups is 1. The van der Waals surface area contributed by atoms with E-state index >= 15 is 0 Å². The lowest BCUT2D eigenvalue weighted by atomic mass is 10.1. The Bertz CT molecular complexity index is 360. The van der Waals surface area contributed by atoms with Gasteiger partial charge in [0.15, 0.2) is 0 Å². The van der Waals surface area contributed by atoms with Crippen molar-refractivity contribution in [2.24, 2.45) is 0 Å². The Morgan fingerprint density at radius 1 is 1.60 bits per heavy atom. The molecule has 0 amide bonds. The van der Waals surface area contributed by atoms with Crippen LogP contribution in [0.1, 0.15) is 19.9 Å². The van der Waals surface area contributed by atoms with Crippen LogP contribution in [0.5, 0.6) is 0 Å². The highest BCUT2D eigenvalue weighted by atomic mass is 19.1. The van der Waals surface area contributed by atoms with Crippen molar-refractivity contribution in [3.63, 3.8) is 0 Å². The SMILES string of the molecule is [2H][C@](CF)(NC(C)c1ccccc1)C(=O)O. The molecular weight excluding hydrogens is 197 g/mol. The second kappa shape index (κ2) is 5.46. The van der Waals surface area contributed by atoms with Crippen molar-refractivity contribution in [2.45, 2.75) is 19.0 Å². The van der Waals surface area contributed by atoms with Crippen LogP contribution < -0.4 is 5.32 Å².